The number of methoxy groups -OCH3 is 1. The third-order valence-corrected chi connectivity index (χ3v) is 2.68. The summed E-state index contributed by atoms with van der Waals surface area (Å²) >= 11 is 0. The van der Waals surface area contributed by atoms with E-state index in [1.165, 1.54) is 11.1 Å². The van der Waals surface area contributed by atoms with Gasteiger partial charge in [0.1, 0.15) is 5.75 Å². The molecule has 0 spiro atoms. The normalized spacial score (nSPS) is 20.0. The number of nitrogen functional groups attached to an aromatic ring is 1. The summed E-state index contributed by atoms with van der Waals surface area (Å²) in [5.41, 5.74) is 14.9. The van der Waals surface area contributed by atoms with Crippen molar-refractivity contribution in [2.24, 2.45) is 5.73 Å². The molecule has 0 unspecified atom stereocenters. The van der Waals surface area contributed by atoms with Crippen LogP contribution in [0, 0.1) is 0 Å². The summed E-state index contributed by atoms with van der Waals surface area (Å²) in [6.07, 6.45) is 1.96. The summed E-state index contributed by atoms with van der Waals surface area (Å²) in [6.45, 7) is 0. The summed E-state index contributed by atoms with van der Waals surface area (Å²) in [5.74, 6) is 0.757. The van der Waals surface area contributed by atoms with Gasteiger partial charge in [0.05, 0.1) is 12.8 Å². The average molecular weight is 178 g/mol. The van der Waals surface area contributed by atoms with E-state index in [0.717, 1.165) is 24.3 Å². The smallest absolute Gasteiger partial charge is 0.142 e. The molecule has 0 bridgehead atoms. The molecule has 0 aliphatic heterocycles. The Kier molecular flexibility index (Phi) is 1.88. The Labute approximate surface area is 77.7 Å². The Hall–Kier alpha value is -1.22. The number of hydrogen-bond donors (Lipinski definition) is 2. The number of nitrogens with two attached hydrogens (primary N) is 2. The molecule has 1 aromatic carbocycles. The van der Waals surface area contributed by atoms with Gasteiger partial charge < -0.3 is 16.2 Å². The van der Waals surface area contributed by atoms with E-state index in [2.05, 4.69) is 0 Å². The van der Waals surface area contributed by atoms with Gasteiger partial charge in [0.25, 0.3) is 0 Å². The monoisotopic (exact) mass is 178 g/mol. The zero-order valence-corrected chi connectivity index (χ0v) is 7.71. The molecule has 0 amide bonds. The average Bonchev–Trinajstić information content (AvgIpc) is 2.50. The third kappa shape index (κ3) is 1.16. The van der Waals surface area contributed by atoms with Crippen LogP contribution in [0.4, 0.5) is 5.69 Å². The topological polar surface area (TPSA) is 61.3 Å². The van der Waals surface area contributed by atoms with E-state index in [1.54, 1.807) is 7.11 Å². The molecule has 0 saturated carbocycles. The van der Waals surface area contributed by atoms with Crippen LogP contribution < -0.4 is 16.2 Å². The molecule has 13 heavy (non-hydrogen) atoms. The van der Waals surface area contributed by atoms with Crippen molar-refractivity contribution in [2.75, 3.05) is 12.8 Å². The highest BCUT2D eigenvalue weighted by Crippen LogP contribution is 2.37. The molecule has 3 nitrogen and oxygen atoms in total. The largest absolute Gasteiger partial charge is 0.495 e. The minimum absolute atomic E-state index is 0.156. The van der Waals surface area contributed by atoms with E-state index < -0.39 is 0 Å². The molecule has 1 aromatic rings. The first-order valence-electron chi connectivity index (χ1n) is 4.45. The summed E-state index contributed by atoms with van der Waals surface area (Å²) in [6, 6.07) is 4.06. The minimum atomic E-state index is 0.156. The highest BCUT2D eigenvalue weighted by molar-refractivity contribution is 5.63. The van der Waals surface area contributed by atoms with E-state index in [-0.39, 0.29) is 6.04 Å². The Morgan fingerprint density at radius 3 is 2.92 bits per heavy atom. The molecule has 70 valence electrons. The molecule has 0 fully saturated rings. The van der Waals surface area contributed by atoms with E-state index in [9.17, 15) is 0 Å². The SMILES string of the molecule is COc1ccc2c(c1N)CC[C@@H]2N. The van der Waals surface area contributed by atoms with E-state index in [0.29, 0.717) is 0 Å². The molecule has 4 N–H and O–H groups in total. The molecule has 0 radical (unpaired) electrons. The molecule has 0 saturated heterocycles. The number of rotatable bonds is 1. The van der Waals surface area contributed by atoms with E-state index in [1.807, 2.05) is 12.1 Å². The Morgan fingerprint density at radius 2 is 2.23 bits per heavy atom. The highest BCUT2D eigenvalue weighted by atomic mass is 16.5. The van der Waals surface area contributed by atoms with Gasteiger partial charge in [-0.25, -0.2) is 0 Å². The van der Waals surface area contributed by atoms with Crippen LogP contribution in [0.5, 0.6) is 5.75 Å². The van der Waals surface area contributed by atoms with Gasteiger partial charge >= 0.3 is 0 Å². The van der Waals surface area contributed by atoms with Crippen LogP contribution in [0.3, 0.4) is 0 Å². The van der Waals surface area contributed by atoms with Crippen LogP contribution in [0.2, 0.25) is 0 Å². The second-order valence-corrected chi connectivity index (χ2v) is 3.39. The van der Waals surface area contributed by atoms with Gasteiger partial charge in [-0.2, -0.15) is 0 Å². The zero-order valence-electron chi connectivity index (χ0n) is 7.71. The van der Waals surface area contributed by atoms with Gasteiger partial charge in [0.2, 0.25) is 0 Å². The molecule has 1 atom stereocenters. The number of fused-ring (bicyclic) bond motifs is 1. The minimum Gasteiger partial charge on any atom is -0.495 e. The summed E-state index contributed by atoms with van der Waals surface area (Å²) < 4.78 is 5.14. The predicted molar refractivity (Wildman–Crippen MR) is 52.7 cm³/mol. The first kappa shape index (κ1) is 8.38. The molecule has 0 aromatic heterocycles. The molecule has 2 rings (SSSR count). The van der Waals surface area contributed by atoms with Crippen LogP contribution >= 0.6 is 0 Å². The second-order valence-electron chi connectivity index (χ2n) is 3.39. The van der Waals surface area contributed by atoms with Crippen LogP contribution in [0.25, 0.3) is 0 Å². The maximum atomic E-state index is 5.93. The molecular weight excluding hydrogens is 164 g/mol. The molecule has 3 heteroatoms. The number of benzene rings is 1. The van der Waals surface area contributed by atoms with Gasteiger partial charge in [0, 0.05) is 6.04 Å². The van der Waals surface area contributed by atoms with Gasteiger partial charge in [-0.15, -0.1) is 0 Å². The third-order valence-electron chi connectivity index (χ3n) is 2.68. The second kappa shape index (κ2) is 2.92. The van der Waals surface area contributed by atoms with Crippen LogP contribution in [-0.2, 0) is 6.42 Å². The fraction of sp³-hybridized carbons (Fsp3) is 0.400. The molecular formula is C10H14N2O. The van der Waals surface area contributed by atoms with E-state index >= 15 is 0 Å². The highest BCUT2D eigenvalue weighted by Gasteiger charge is 2.22. The number of hydrogen-bond acceptors (Lipinski definition) is 3. The zero-order chi connectivity index (χ0) is 9.42. The van der Waals surface area contributed by atoms with Crippen molar-refractivity contribution in [2.45, 2.75) is 18.9 Å². The van der Waals surface area contributed by atoms with Crippen molar-refractivity contribution in [3.05, 3.63) is 23.3 Å². The van der Waals surface area contributed by atoms with Gasteiger partial charge in [-0.05, 0) is 30.0 Å². The van der Waals surface area contributed by atoms with Gasteiger partial charge in [-0.1, -0.05) is 6.07 Å². The fourth-order valence-electron chi connectivity index (χ4n) is 1.92. The van der Waals surface area contributed by atoms with E-state index in [4.69, 9.17) is 16.2 Å². The predicted octanol–water partition coefficient (Wildman–Crippen LogP) is 1.22. The van der Waals surface area contributed by atoms with Crippen molar-refractivity contribution in [3.63, 3.8) is 0 Å². The van der Waals surface area contributed by atoms with Crippen molar-refractivity contribution >= 4 is 5.69 Å². The Bertz CT molecular complexity index is 336. The van der Waals surface area contributed by atoms with Crippen molar-refractivity contribution in [1.29, 1.82) is 0 Å². The molecule has 1 aliphatic rings. The quantitative estimate of drug-likeness (QED) is 0.636. The van der Waals surface area contributed by atoms with Gasteiger partial charge in [-0.3, -0.25) is 0 Å². The number of anilines is 1. The Balaban J connectivity index is 2.54. The lowest BCUT2D eigenvalue weighted by atomic mass is 10.1. The fourth-order valence-corrected chi connectivity index (χ4v) is 1.92. The summed E-state index contributed by atoms with van der Waals surface area (Å²) in [4.78, 5) is 0. The maximum Gasteiger partial charge on any atom is 0.142 e. The lowest BCUT2D eigenvalue weighted by molar-refractivity contribution is 0.416. The first-order chi connectivity index (χ1) is 6.24. The van der Waals surface area contributed by atoms with Gasteiger partial charge in [0.15, 0.2) is 0 Å². The standard InChI is InChI=1S/C10H14N2O/c1-13-9-5-3-6-7(10(9)12)2-4-8(6)11/h3,5,8H,2,4,11-12H2,1H3/t8-/m0/s1. The maximum absolute atomic E-state index is 5.93. The van der Waals surface area contributed by atoms with Crippen LogP contribution in [0.1, 0.15) is 23.6 Å². The Morgan fingerprint density at radius 1 is 1.46 bits per heavy atom. The van der Waals surface area contributed by atoms with Crippen molar-refractivity contribution in [3.8, 4) is 5.75 Å². The van der Waals surface area contributed by atoms with Crippen molar-refractivity contribution in [1.82, 2.24) is 0 Å². The van der Waals surface area contributed by atoms with Crippen LogP contribution in [0.15, 0.2) is 12.1 Å². The molecule has 0 heterocycles. The van der Waals surface area contributed by atoms with Crippen LogP contribution in [-0.4, -0.2) is 7.11 Å². The number of ether oxygens (including phenoxy) is 1. The van der Waals surface area contributed by atoms with Crippen molar-refractivity contribution < 1.29 is 4.74 Å². The lowest BCUT2D eigenvalue weighted by Gasteiger charge is -2.10. The summed E-state index contributed by atoms with van der Waals surface area (Å²) in [7, 11) is 1.63. The first-order valence-corrected chi connectivity index (χ1v) is 4.45. The lowest BCUT2D eigenvalue weighted by Crippen LogP contribution is -2.05. The summed E-state index contributed by atoms with van der Waals surface area (Å²) in [5, 5.41) is 0. The molecule has 1 aliphatic carbocycles.